The third-order valence-electron chi connectivity index (χ3n) is 2.92. The van der Waals surface area contributed by atoms with Crippen LogP contribution in [0.2, 0.25) is 0 Å². The molecule has 1 atom stereocenters. The van der Waals surface area contributed by atoms with Crippen molar-refractivity contribution in [3.63, 3.8) is 0 Å². The Morgan fingerprint density at radius 2 is 2.35 bits per heavy atom. The lowest BCUT2D eigenvalue weighted by Crippen LogP contribution is -2.35. The molecule has 0 aromatic heterocycles. The largest absolute Gasteiger partial charge is 0.481 e. The SMILES string of the molecule is Cc1cccc2c1N(CCC(=O)O)CC(C)S2. The Hall–Kier alpha value is -1.16. The first-order chi connectivity index (χ1) is 8.08. The van der Waals surface area contributed by atoms with Gasteiger partial charge in [0.25, 0.3) is 0 Å². The summed E-state index contributed by atoms with van der Waals surface area (Å²) in [5.74, 6) is -0.731. The Morgan fingerprint density at radius 1 is 1.59 bits per heavy atom. The number of rotatable bonds is 3. The number of hydrogen-bond acceptors (Lipinski definition) is 3. The number of carbonyl (C=O) groups is 1. The fourth-order valence-electron chi connectivity index (χ4n) is 2.22. The number of para-hydroxylation sites is 1. The summed E-state index contributed by atoms with van der Waals surface area (Å²) in [7, 11) is 0. The minimum Gasteiger partial charge on any atom is -0.481 e. The van der Waals surface area contributed by atoms with Gasteiger partial charge < -0.3 is 10.0 Å². The minimum atomic E-state index is -0.731. The van der Waals surface area contributed by atoms with Crippen LogP contribution in [-0.2, 0) is 4.79 Å². The monoisotopic (exact) mass is 251 g/mol. The molecule has 1 aromatic rings. The molecule has 0 fully saturated rings. The molecule has 2 rings (SSSR count). The molecular formula is C13H17NO2S. The minimum absolute atomic E-state index is 0.200. The second-order valence-electron chi connectivity index (χ2n) is 4.44. The van der Waals surface area contributed by atoms with Gasteiger partial charge in [-0.2, -0.15) is 0 Å². The van der Waals surface area contributed by atoms with Crippen molar-refractivity contribution in [3.8, 4) is 0 Å². The molecule has 92 valence electrons. The van der Waals surface area contributed by atoms with Crippen LogP contribution in [-0.4, -0.2) is 29.4 Å². The summed E-state index contributed by atoms with van der Waals surface area (Å²) >= 11 is 1.87. The Labute approximate surface area is 106 Å². The predicted octanol–water partition coefficient (Wildman–Crippen LogP) is 2.77. The first kappa shape index (κ1) is 12.3. The molecule has 0 saturated heterocycles. The number of thioether (sulfide) groups is 1. The normalized spacial score (nSPS) is 18.9. The standard InChI is InChI=1S/C13H17NO2S/c1-9-4-3-5-11-13(9)14(7-6-12(15)16)8-10(2)17-11/h3-5,10H,6-8H2,1-2H3,(H,15,16). The zero-order valence-electron chi connectivity index (χ0n) is 10.1. The molecule has 1 aromatic carbocycles. The second kappa shape index (κ2) is 5.00. The van der Waals surface area contributed by atoms with Crippen molar-refractivity contribution in [1.29, 1.82) is 0 Å². The molecule has 1 aliphatic rings. The Kier molecular flexibility index (Phi) is 3.62. The fraction of sp³-hybridized carbons (Fsp3) is 0.462. The maximum atomic E-state index is 10.7. The van der Waals surface area contributed by atoms with E-state index in [-0.39, 0.29) is 6.42 Å². The average molecular weight is 251 g/mol. The lowest BCUT2D eigenvalue weighted by molar-refractivity contribution is -0.136. The molecule has 3 nitrogen and oxygen atoms in total. The molecule has 1 heterocycles. The highest BCUT2D eigenvalue weighted by Gasteiger charge is 2.23. The van der Waals surface area contributed by atoms with E-state index in [0.29, 0.717) is 11.8 Å². The molecule has 1 aliphatic heterocycles. The summed E-state index contributed by atoms with van der Waals surface area (Å²) in [5, 5.41) is 9.31. The van der Waals surface area contributed by atoms with Gasteiger partial charge in [0.1, 0.15) is 0 Å². The van der Waals surface area contributed by atoms with Crippen molar-refractivity contribution in [3.05, 3.63) is 23.8 Å². The van der Waals surface area contributed by atoms with Crippen LogP contribution in [0.15, 0.2) is 23.1 Å². The summed E-state index contributed by atoms with van der Waals surface area (Å²) in [6.45, 7) is 5.79. The predicted molar refractivity (Wildman–Crippen MR) is 71.0 cm³/mol. The average Bonchev–Trinajstić information content (AvgIpc) is 2.25. The van der Waals surface area contributed by atoms with Gasteiger partial charge in [0.15, 0.2) is 0 Å². The van der Waals surface area contributed by atoms with Crippen molar-refractivity contribution in [1.82, 2.24) is 0 Å². The number of fused-ring (bicyclic) bond motifs is 1. The van der Waals surface area contributed by atoms with Crippen LogP contribution < -0.4 is 4.90 Å². The molecule has 0 spiro atoms. The van der Waals surface area contributed by atoms with Gasteiger partial charge in [0.2, 0.25) is 0 Å². The zero-order valence-corrected chi connectivity index (χ0v) is 11.0. The Morgan fingerprint density at radius 3 is 3.06 bits per heavy atom. The Balaban J connectivity index is 2.26. The van der Waals surface area contributed by atoms with E-state index in [0.717, 1.165) is 6.54 Å². The quantitative estimate of drug-likeness (QED) is 0.896. The molecule has 1 unspecified atom stereocenters. The van der Waals surface area contributed by atoms with Gasteiger partial charge >= 0.3 is 5.97 Å². The number of benzene rings is 1. The smallest absolute Gasteiger partial charge is 0.305 e. The number of aryl methyl sites for hydroxylation is 1. The van der Waals surface area contributed by atoms with Gasteiger partial charge in [0.05, 0.1) is 12.1 Å². The lowest BCUT2D eigenvalue weighted by Gasteiger charge is -2.35. The number of carboxylic acids is 1. The van der Waals surface area contributed by atoms with Crippen LogP contribution in [0.4, 0.5) is 5.69 Å². The second-order valence-corrected chi connectivity index (χ2v) is 5.92. The van der Waals surface area contributed by atoms with E-state index < -0.39 is 5.97 Å². The number of hydrogen-bond donors (Lipinski definition) is 1. The molecule has 4 heteroatoms. The van der Waals surface area contributed by atoms with Crippen molar-refractivity contribution in [2.75, 3.05) is 18.0 Å². The van der Waals surface area contributed by atoms with Crippen LogP contribution >= 0.6 is 11.8 Å². The summed E-state index contributed by atoms with van der Waals surface area (Å²) in [6, 6.07) is 6.27. The van der Waals surface area contributed by atoms with E-state index in [1.165, 1.54) is 16.1 Å². The van der Waals surface area contributed by atoms with Crippen molar-refractivity contribution in [2.24, 2.45) is 0 Å². The van der Waals surface area contributed by atoms with Gasteiger partial charge in [-0.25, -0.2) is 0 Å². The molecule has 0 saturated carbocycles. The van der Waals surface area contributed by atoms with E-state index in [9.17, 15) is 4.79 Å². The summed E-state index contributed by atoms with van der Waals surface area (Å²) < 4.78 is 0. The van der Waals surface area contributed by atoms with Gasteiger partial charge in [-0.1, -0.05) is 19.1 Å². The van der Waals surface area contributed by atoms with Gasteiger partial charge in [-0.05, 0) is 18.6 Å². The highest BCUT2D eigenvalue weighted by atomic mass is 32.2. The maximum Gasteiger partial charge on any atom is 0.305 e. The first-order valence-corrected chi connectivity index (χ1v) is 6.69. The highest BCUT2D eigenvalue weighted by molar-refractivity contribution is 8.00. The third kappa shape index (κ3) is 2.75. The van der Waals surface area contributed by atoms with Crippen LogP contribution in [0.3, 0.4) is 0 Å². The summed E-state index contributed by atoms with van der Waals surface area (Å²) in [4.78, 5) is 14.2. The van der Waals surface area contributed by atoms with Crippen molar-refractivity contribution < 1.29 is 9.90 Å². The number of aliphatic carboxylic acids is 1. The van der Waals surface area contributed by atoms with Crippen molar-refractivity contribution >= 4 is 23.4 Å². The molecule has 0 radical (unpaired) electrons. The van der Waals surface area contributed by atoms with Crippen molar-refractivity contribution in [2.45, 2.75) is 30.4 Å². The van der Waals surface area contributed by atoms with Gasteiger partial charge in [-0.3, -0.25) is 4.79 Å². The van der Waals surface area contributed by atoms with E-state index in [4.69, 9.17) is 5.11 Å². The molecule has 0 amide bonds. The van der Waals surface area contributed by atoms with Crippen LogP contribution in [0, 0.1) is 6.92 Å². The van der Waals surface area contributed by atoms with E-state index in [1.54, 1.807) is 0 Å². The number of carboxylic acid groups (broad SMARTS) is 1. The molecule has 1 N–H and O–H groups in total. The number of anilines is 1. The van der Waals surface area contributed by atoms with E-state index >= 15 is 0 Å². The molecule has 0 aliphatic carbocycles. The summed E-state index contributed by atoms with van der Waals surface area (Å²) in [5.41, 5.74) is 2.45. The molecule has 17 heavy (non-hydrogen) atoms. The summed E-state index contributed by atoms with van der Waals surface area (Å²) in [6.07, 6.45) is 0.200. The number of nitrogens with zero attached hydrogens (tertiary/aromatic N) is 1. The molecular weight excluding hydrogens is 234 g/mol. The van der Waals surface area contributed by atoms with E-state index in [2.05, 4.69) is 36.9 Å². The van der Waals surface area contributed by atoms with Crippen LogP contribution in [0.5, 0.6) is 0 Å². The maximum absolute atomic E-state index is 10.7. The van der Waals surface area contributed by atoms with Gasteiger partial charge in [0, 0.05) is 23.2 Å². The first-order valence-electron chi connectivity index (χ1n) is 5.81. The van der Waals surface area contributed by atoms with E-state index in [1.807, 2.05) is 11.8 Å². The zero-order chi connectivity index (χ0) is 12.4. The lowest BCUT2D eigenvalue weighted by atomic mass is 10.1. The fourth-order valence-corrected chi connectivity index (χ4v) is 3.47. The highest BCUT2D eigenvalue weighted by Crippen LogP contribution is 2.40. The Bertz CT molecular complexity index is 433. The van der Waals surface area contributed by atoms with Crippen LogP contribution in [0.1, 0.15) is 18.9 Å². The third-order valence-corrected chi connectivity index (χ3v) is 4.05. The van der Waals surface area contributed by atoms with Crippen LogP contribution in [0.25, 0.3) is 0 Å². The molecule has 0 bridgehead atoms. The topological polar surface area (TPSA) is 40.5 Å². The van der Waals surface area contributed by atoms with Gasteiger partial charge in [-0.15, -0.1) is 11.8 Å².